The van der Waals surface area contributed by atoms with Crippen molar-refractivity contribution in [3.63, 3.8) is 0 Å². The fourth-order valence-electron chi connectivity index (χ4n) is 2.10. The molecule has 0 aliphatic rings. The summed E-state index contributed by atoms with van der Waals surface area (Å²) in [5.41, 5.74) is 1.28. The zero-order valence-electron chi connectivity index (χ0n) is 11.6. The van der Waals surface area contributed by atoms with Crippen molar-refractivity contribution in [2.45, 2.75) is 52.0 Å². The van der Waals surface area contributed by atoms with Crippen LogP contribution >= 0.6 is 15.9 Å². The summed E-state index contributed by atoms with van der Waals surface area (Å²) in [6.45, 7) is 4.38. The molecule has 3 nitrogen and oxygen atoms in total. The number of benzene rings is 1. The first-order chi connectivity index (χ1) is 9.08. The lowest BCUT2D eigenvalue weighted by molar-refractivity contribution is 0.0696. The Morgan fingerprint density at radius 1 is 1.32 bits per heavy atom. The quantitative estimate of drug-likeness (QED) is 0.712. The molecule has 1 aromatic carbocycles. The summed E-state index contributed by atoms with van der Waals surface area (Å²) in [6, 6.07) is 5.78. The predicted octanol–water partition coefficient (Wildman–Crippen LogP) is 4.92. The van der Waals surface area contributed by atoms with Crippen molar-refractivity contribution in [2.24, 2.45) is 0 Å². The second-order valence-corrected chi connectivity index (χ2v) is 5.63. The molecule has 0 heterocycles. The number of anilines is 1. The van der Waals surface area contributed by atoms with Gasteiger partial charge in [-0.1, -0.05) is 33.1 Å². The van der Waals surface area contributed by atoms with Gasteiger partial charge in [0.05, 0.1) is 5.56 Å². The van der Waals surface area contributed by atoms with Crippen LogP contribution in [0.15, 0.2) is 22.7 Å². The van der Waals surface area contributed by atoms with Gasteiger partial charge in [-0.15, -0.1) is 0 Å². The van der Waals surface area contributed by atoms with Gasteiger partial charge in [0.1, 0.15) is 0 Å². The molecule has 0 bridgehead atoms. The standard InChI is InChI=1S/C15H22BrNO2/c1-3-5-7-11(6-4-2)17-12-8-9-13(15(18)19)14(16)10-12/h8-11,17H,3-7H2,1-2H3,(H,18,19). The van der Waals surface area contributed by atoms with Gasteiger partial charge < -0.3 is 10.4 Å². The van der Waals surface area contributed by atoms with Crippen molar-refractivity contribution in [1.82, 2.24) is 0 Å². The summed E-state index contributed by atoms with van der Waals surface area (Å²) in [5.74, 6) is -0.908. The zero-order valence-corrected chi connectivity index (χ0v) is 13.2. The van der Waals surface area contributed by atoms with Crippen molar-refractivity contribution in [2.75, 3.05) is 5.32 Å². The van der Waals surface area contributed by atoms with Gasteiger partial charge in [-0.05, 0) is 47.0 Å². The van der Waals surface area contributed by atoms with E-state index in [9.17, 15) is 4.79 Å². The molecule has 0 spiro atoms. The third-order valence-corrected chi connectivity index (χ3v) is 3.77. The molecule has 0 aromatic heterocycles. The van der Waals surface area contributed by atoms with Crippen LogP contribution in [0, 0.1) is 0 Å². The largest absolute Gasteiger partial charge is 0.478 e. The van der Waals surface area contributed by atoms with Gasteiger partial charge in [0.25, 0.3) is 0 Å². The van der Waals surface area contributed by atoms with Crippen molar-refractivity contribution in [3.8, 4) is 0 Å². The van der Waals surface area contributed by atoms with Crippen molar-refractivity contribution >= 4 is 27.6 Å². The summed E-state index contributed by atoms with van der Waals surface area (Å²) >= 11 is 3.31. The number of hydrogen-bond acceptors (Lipinski definition) is 2. The Morgan fingerprint density at radius 2 is 2.05 bits per heavy atom. The average Bonchev–Trinajstić information content (AvgIpc) is 2.36. The molecular formula is C15H22BrNO2. The maximum absolute atomic E-state index is 10.9. The summed E-state index contributed by atoms with van der Waals surface area (Å²) in [7, 11) is 0. The molecule has 0 aliphatic carbocycles. The Morgan fingerprint density at radius 3 is 2.58 bits per heavy atom. The van der Waals surface area contributed by atoms with Gasteiger partial charge in [0.15, 0.2) is 0 Å². The Bertz CT molecular complexity index is 421. The zero-order chi connectivity index (χ0) is 14.3. The van der Waals surface area contributed by atoms with E-state index in [0.29, 0.717) is 16.1 Å². The molecule has 0 saturated heterocycles. The number of nitrogens with one attached hydrogen (secondary N) is 1. The molecule has 1 unspecified atom stereocenters. The van der Waals surface area contributed by atoms with Crippen LogP contribution in [0.3, 0.4) is 0 Å². The number of carboxylic acid groups (broad SMARTS) is 1. The highest BCUT2D eigenvalue weighted by molar-refractivity contribution is 9.10. The van der Waals surface area contributed by atoms with Crippen LogP contribution < -0.4 is 5.32 Å². The second-order valence-electron chi connectivity index (χ2n) is 4.77. The van der Waals surface area contributed by atoms with Gasteiger partial charge in [-0.3, -0.25) is 0 Å². The van der Waals surface area contributed by atoms with E-state index >= 15 is 0 Å². The van der Waals surface area contributed by atoms with E-state index in [1.54, 1.807) is 6.07 Å². The highest BCUT2D eigenvalue weighted by Crippen LogP contribution is 2.23. The summed E-state index contributed by atoms with van der Waals surface area (Å²) in [4.78, 5) is 10.9. The van der Waals surface area contributed by atoms with E-state index in [-0.39, 0.29) is 0 Å². The smallest absolute Gasteiger partial charge is 0.336 e. The number of rotatable bonds is 8. The Hall–Kier alpha value is -1.03. The van der Waals surface area contributed by atoms with Crippen molar-refractivity contribution < 1.29 is 9.90 Å². The molecule has 0 saturated carbocycles. The first kappa shape index (κ1) is 16.0. The third-order valence-electron chi connectivity index (χ3n) is 3.11. The maximum Gasteiger partial charge on any atom is 0.336 e. The molecule has 2 N–H and O–H groups in total. The van der Waals surface area contributed by atoms with Crippen LogP contribution in [-0.4, -0.2) is 17.1 Å². The first-order valence-electron chi connectivity index (χ1n) is 6.87. The molecule has 19 heavy (non-hydrogen) atoms. The summed E-state index contributed by atoms with van der Waals surface area (Å²) < 4.78 is 0.621. The SMILES string of the molecule is CCCCC(CCC)Nc1ccc(C(=O)O)c(Br)c1. The molecule has 1 atom stereocenters. The Labute approximate surface area is 123 Å². The number of unbranched alkanes of at least 4 members (excludes halogenated alkanes) is 1. The van der Waals surface area contributed by atoms with Crippen LogP contribution in [0.25, 0.3) is 0 Å². The topological polar surface area (TPSA) is 49.3 Å². The van der Waals surface area contributed by atoms with Crippen molar-refractivity contribution in [1.29, 1.82) is 0 Å². The Kier molecular flexibility index (Phi) is 6.92. The number of hydrogen-bond donors (Lipinski definition) is 2. The highest BCUT2D eigenvalue weighted by atomic mass is 79.9. The molecule has 0 aliphatic heterocycles. The van der Waals surface area contributed by atoms with Crippen LogP contribution in [-0.2, 0) is 0 Å². The molecule has 1 aromatic rings. The first-order valence-corrected chi connectivity index (χ1v) is 7.67. The monoisotopic (exact) mass is 327 g/mol. The van der Waals surface area contributed by atoms with E-state index in [1.807, 2.05) is 12.1 Å². The lowest BCUT2D eigenvalue weighted by atomic mass is 10.0. The van der Waals surface area contributed by atoms with E-state index < -0.39 is 5.97 Å². The molecule has 4 heteroatoms. The minimum atomic E-state index is -0.908. The van der Waals surface area contributed by atoms with Gasteiger partial charge in [-0.2, -0.15) is 0 Å². The number of carboxylic acids is 1. The average molecular weight is 328 g/mol. The van der Waals surface area contributed by atoms with Crippen LogP contribution in [0.4, 0.5) is 5.69 Å². The Balaban J connectivity index is 2.73. The van der Waals surface area contributed by atoms with Gasteiger partial charge in [0.2, 0.25) is 0 Å². The highest BCUT2D eigenvalue weighted by Gasteiger charge is 2.11. The van der Waals surface area contributed by atoms with Gasteiger partial charge in [-0.25, -0.2) is 4.79 Å². The van der Waals surface area contributed by atoms with Crippen LogP contribution in [0.1, 0.15) is 56.3 Å². The van der Waals surface area contributed by atoms with E-state index in [4.69, 9.17) is 5.11 Å². The summed E-state index contributed by atoms with van der Waals surface area (Å²) in [6.07, 6.45) is 5.85. The lowest BCUT2D eigenvalue weighted by Crippen LogP contribution is -2.19. The van der Waals surface area contributed by atoms with Crippen LogP contribution in [0.2, 0.25) is 0 Å². The lowest BCUT2D eigenvalue weighted by Gasteiger charge is -2.19. The minimum absolute atomic E-state index is 0.297. The van der Waals surface area contributed by atoms with E-state index in [0.717, 1.165) is 24.9 Å². The second kappa shape index (κ2) is 8.20. The van der Waals surface area contributed by atoms with Gasteiger partial charge in [0, 0.05) is 16.2 Å². The number of halogens is 1. The van der Waals surface area contributed by atoms with E-state index in [1.165, 1.54) is 12.8 Å². The molecule has 1 rings (SSSR count). The molecule has 0 radical (unpaired) electrons. The van der Waals surface area contributed by atoms with Crippen molar-refractivity contribution in [3.05, 3.63) is 28.2 Å². The minimum Gasteiger partial charge on any atom is -0.478 e. The molecular weight excluding hydrogens is 306 g/mol. The summed E-state index contributed by atoms with van der Waals surface area (Å²) in [5, 5.41) is 12.5. The number of carbonyl (C=O) groups is 1. The molecule has 106 valence electrons. The maximum atomic E-state index is 10.9. The van der Waals surface area contributed by atoms with E-state index in [2.05, 4.69) is 35.1 Å². The van der Waals surface area contributed by atoms with Crippen LogP contribution in [0.5, 0.6) is 0 Å². The number of aromatic carboxylic acids is 1. The fraction of sp³-hybridized carbons (Fsp3) is 0.533. The van der Waals surface area contributed by atoms with Gasteiger partial charge >= 0.3 is 5.97 Å². The predicted molar refractivity (Wildman–Crippen MR) is 82.9 cm³/mol. The fourth-order valence-corrected chi connectivity index (χ4v) is 2.65. The normalized spacial score (nSPS) is 12.2. The molecule has 0 fully saturated rings. The third kappa shape index (κ3) is 5.23. The molecule has 0 amide bonds.